The molecule has 4 heteroatoms. The lowest BCUT2D eigenvalue weighted by Gasteiger charge is -2.32. The van der Waals surface area contributed by atoms with Crippen LogP contribution in [0.25, 0.3) is 0 Å². The van der Waals surface area contributed by atoms with Crippen LogP contribution < -0.4 is 0 Å². The highest BCUT2D eigenvalue weighted by molar-refractivity contribution is 5.92. The average Bonchev–Trinajstić information content (AvgIpc) is 2.71. The van der Waals surface area contributed by atoms with Gasteiger partial charge in [-0.1, -0.05) is 0 Å². The molecule has 14 heavy (non-hydrogen) atoms. The summed E-state index contributed by atoms with van der Waals surface area (Å²) in [4.78, 5) is 18.9. The zero-order chi connectivity index (χ0) is 9.97. The van der Waals surface area contributed by atoms with Gasteiger partial charge >= 0.3 is 0 Å². The Balaban J connectivity index is 1.99. The van der Waals surface area contributed by atoms with Crippen LogP contribution in [0.4, 0.5) is 0 Å². The molecule has 1 saturated heterocycles. The normalized spacial score (nSPS) is 18.5. The summed E-state index contributed by atoms with van der Waals surface area (Å²) in [6.45, 7) is 3.58. The fraction of sp³-hybridized carbons (Fsp3) is 0.500. The zero-order valence-corrected chi connectivity index (χ0v) is 8.36. The molecule has 2 heterocycles. The Morgan fingerprint density at radius 2 is 2.07 bits per heavy atom. The molecule has 1 aromatic rings. The van der Waals surface area contributed by atoms with Crippen LogP contribution in [0.2, 0.25) is 0 Å². The van der Waals surface area contributed by atoms with E-state index in [-0.39, 0.29) is 5.91 Å². The van der Waals surface area contributed by atoms with Crippen molar-refractivity contribution >= 4 is 5.91 Å². The van der Waals surface area contributed by atoms with Crippen molar-refractivity contribution in [2.24, 2.45) is 0 Å². The largest absolute Gasteiger partial charge is 0.357 e. The molecule has 2 rings (SSSR count). The van der Waals surface area contributed by atoms with Crippen LogP contribution >= 0.6 is 0 Å². The van der Waals surface area contributed by atoms with Gasteiger partial charge in [0.25, 0.3) is 5.91 Å². The van der Waals surface area contributed by atoms with Crippen LogP contribution in [-0.4, -0.2) is 53.9 Å². The SMILES string of the molecule is CN1CCN(C(=O)c2ccc[nH]2)CC1. The van der Waals surface area contributed by atoms with Crippen molar-refractivity contribution in [1.29, 1.82) is 0 Å². The van der Waals surface area contributed by atoms with E-state index < -0.39 is 0 Å². The van der Waals surface area contributed by atoms with Crippen LogP contribution in [-0.2, 0) is 0 Å². The lowest BCUT2D eigenvalue weighted by Crippen LogP contribution is -2.47. The molecule has 1 aromatic heterocycles. The molecule has 0 aliphatic carbocycles. The van der Waals surface area contributed by atoms with Crippen molar-refractivity contribution in [2.75, 3.05) is 33.2 Å². The van der Waals surface area contributed by atoms with E-state index in [1.807, 2.05) is 17.0 Å². The number of amides is 1. The predicted octanol–water partition coefficient (Wildman–Crippen LogP) is 0.402. The number of aromatic nitrogens is 1. The quantitative estimate of drug-likeness (QED) is 0.701. The summed E-state index contributed by atoms with van der Waals surface area (Å²) < 4.78 is 0. The number of hydrogen-bond acceptors (Lipinski definition) is 2. The number of carbonyl (C=O) groups excluding carboxylic acids is 1. The highest BCUT2D eigenvalue weighted by atomic mass is 16.2. The topological polar surface area (TPSA) is 39.3 Å². The van der Waals surface area contributed by atoms with E-state index in [1.165, 1.54) is 0 Å². The number of nitrogens with zero attached hydrogens (tertiary/aromatic N) is 2. The first-order valence-electron chi connectivity index (χ1n) is 4.88. The third kappa shape index (κ3) is 1.80. The fourth-order valence-corrected chi connectivity index (χ4v) is 1.64. The Morgan fingerprint density at radius 3 is 2.64 bits per heavy atom. The Bertz CT molecular complexity index is 299. The minimum absolute atomic E-state index is 0.114. The molecule has 0 unspecified atom stereocenters. The standard InChI is InChI=1S/C10H15N3O/c1-12-5-7-13(8-6-12)10(14)9-3-2-4-11-9/h2-4,11H,5-8H2,1H3. The average molecular weight is 193 g/mol. The minimum Gasteiger partial charge on any atom is -0.357 e. The first-order valence-corrected chi connectivity index (χ1v) is 4.88. The number of H-pyrrole nitrogens is 1. The minimum atomic E-state index is 0.114. The highest BCUT2D eigenvalue weighted by Crippen LogP contribution is 2.05. The Labute approximate surface area is 83.5 Å². The van der Waals surface area contributed by atoms with E-state index in [1.54, 1.807) is 6.20 Å². The Morgan fingerprint density at radius 1 is 1.36 bits per heavy atom. The monoisotopic (exact) mass is 193 g/mol. The molecule has 0 bridgehead atoms. The van der Waals surface area contributed by atoms with E-state index in [9.17, 15) is 4.79 Å². The molecular weight excluding hydrogens is 178 g/mol. The van der Waals surface area contributed by atoms with Crippen LogP contribution in [0.15, 0.2) is 18.3 Å². The first-order chi connectivity index (χ1) is 6.77. The van der Waals surface area contributed by atoms with Gasteiger partial charge in [0.1, 0.15) is 5.69 Å². The van der Waals surface area contributed by atoms with Gasteiger partial charge < -0.3 is 14.8 Å². The van der Waals surface area contributed by atoms with Crippen LogP contribution in [0, 0.1) is 0 Å². The van der Waals surface area contributed by atoms with Gasteiger partial charge in [-0.2, -0.15) is 0 Å². The van der Waals surface area contributed by atoms with Crippen molar-refractivity contribution in [3.05, 3.63) is 24.0 Å². The van der Waals surface area contributed by atoms with E-state index in [0.717, 1.165) is 26.2 Å². The van der Waals surface area contributed by atoms with E-state index >= 15 is 0 Å². The molecule has 76 valence electrons. The summed E-state index contributed by atoms with van der Waals surface area (Å²) in [6.07, 6.45) is 1.78. The number of aromatic amines is 1. The fourth-order valence-electron chi connectivity index (χ4n) is 1.64. The summed E-state index contributed by atoms with van der Waals surface area (Å²) in [5.41, 5.74) is 0.689. The van der Waals surface area contributed by atoms with Crippen molar-refractivity contribution in [3.63, 3.8) is 0 Å². The number of carbonyl (C=O) groups is 1. The first kappa shape index (κ1) is 9.27. The molecular formula is C10H15N3O. The molecule has 0 saturated carbocycles. The van der Waals surface area contributed by atoms with Crippen molar-refractivity contribution in [2.45, 2.75) is 0 Å². The molecule has 0 atom stereocenters. The van der Waals surface area contributed by atoms with Crippen LogP contribution in [0.3, 0.4) is 0 Å². The summed E-state index contributed by atoms with van der Waals surface area (Å²) in [5, 5.41) is 0. The summed E-state index contributed by atoms with van der Waals surface area (Å²) in [6, 6.07) is 3.67. The third-order valence-corrected chi connectivity index (χ3v) is 2.62. The molecule has 1 fully saturated rings. The van der Waals surface area contributed by atoms with Gasteiger partial charge in [-0.05, 0) is 19.2 Å². The maximum absolute atomic E-state index is 11.8. The number of likely N-dealkylation sites (N-methyl/N-ethyl adjacent to an activating group) is 1. The summed E-state index contributed by atoms with van der Waals surface area (Å²) >= 11 is 0. The Hall–Kier alpha value is -1.29. The second kappa shape index (κ2) is 3.84. The zero-order valence-electron chi connectivity index (χ0n) is 8.36. The smallest absolute Gasteiger partial charge is 0.270 e. The lowest BCUT2D eigenvalue weighted by molar-refractivity contribution is 0.0659. The van der Waals surface area contributed by atoms with Crippen LogP contribution in [0.5, 0.6) is 0 Å². The van der Waals surface area contributed by atoms with Crippen molar-refractivity contribution in [3.8, 4) is 0 Å². The van der Waals surface area contributed by atoms with E-state index in [4.69, 9.17) is 0 Å². The maximum Gasteiger partial charge on any atom is 0.270 e. The molecule has 0 spiro atoms. The van der Waals surface area contributed by atoms with E-state index in [2.05, 4.69) is 16.9 Å². The second-order valence-corrected chi connectivity index (χ2v) is 3.68. The van der Waals surface area contributed by atoms with Gasteiger partial charge in [-0.15, -0.1) is 0 Å². The van der Waals surface area contributed by atoms with Gasteiger partial charge in [0, 0.05) is 32.4 Å². The lowest BCUT2D eigenvalue weighted by atomic mass is 10.3. The third-order valence-electron chi connectivity index (χ3n) is 2.62. The second-order valence-electron chi connectivity index (χ2n) is 3.68. The van der Waals surface area contributed by atoms with Crippen molar-refractivity contribution in [1.82, 2.24) is 14.8 Å². The predicted molar refractivity (Wildman–Crippen MR) is 54.2 cm³/mol. The molecule has 4 nitrogen and oxygen atoms in total. The summed E-state index contributed by atoms with van der Waals surface area (Å²) in [5.74, 6) is 0.114. The number of nitrogens with one attached hydrogen (secondary N) is 1. The highest BCUT2D eigenvalue weighted by Gasteiger charge is 2.20. The van der Waals surface area contributed by atoms with Crippen molar-refractivity contribution < 1.29 is 4.79 Å². The number of rotatable bonds is 1. The maximum atomic E-state index is 11.8. The van der Waals surface area contributed by atoms with Gasteiger partial charge in [0.15, 0.2) is 0 Å². The van der Waals surface area contributed by atoms with Gasteiger partial charge in [0.2, 0.25) is 0 Å². The molecule has 1 N–H and O–H groups in total. The van der Waals surface area contributed by atoms with Gasteiger partial charge in [0.05, 0.1) is 0 Å². The van der Waals surface area contributed by atoms with E-state index in [0.29, 0.717) is 5.69 Å². The molecule has 0 aromatic carbocycles. The molecule has 1 aliphatic heterocycles. The number of piperazine rings is 1. The molecule has 1 aliphatic rings. The molecule has 1 amide bonds. The summed E-state index contributed by atoms with van der Waals surface area (Å²) in [7, 11) is 2.08. The Kier molecular flexibility index (Phi) is 2.54. The molecule has 0 radical (unpaired) electrons. The van der Waals surface area contributed by atoms with Gasteiger partial charge in [-0.3, -0.25) is 4.79 Å². The number of hydrogen-bond donors (Lipinski definition) is 1. The van der Waals surface area contributed by atoms with Gasteiger partial charge in [-0.25, -0.2) is 0 Å². The van der Waals surface area contributed by atoms with Crippen LogP contribution in [0.1, 0.15) is 10.5 Å².